The van der Waals surface area contributed by atoms with Crippen LogP contribution >= 0.6 is 0 Å². The zero-order chi connectivity index (χ0) is 8.93. The van der Waals surface area contributed by atoms with Gasteiger partial charge in [-0.1, -0.05) is 0 Å². The van der Waals surface area contributed by atoms with Crippen molar-refractivity contribution in [1.29, 1.82) is 0 Å². The van der Waals surface area contributed by atoms with Gasteiger partial charge in [0.25, 0.3) is 0 Å². The van der Waals surface area contributed by atoms with Gasteiger partial charge in [-0.3, -0.25) is 0 Å². The maximum absolute atomic E-state index is 5.40. The zero-order valence-electron chi connectivity index (χ0n) is 8.13. The second kappa shape index (κ2) is 4.94. The highest BCUT2D eigenvalue weighted by atomic mass is 16.5. The molecule has 0 spiro atoms. The summed E-state index contributed by atoms with van der Waals surface area (Å²) in [5, 5.41) is 3.56. The Balaban J connectivity index is 1.60. The van der Waals surface area contributed by atoms with Gasteiger partial charge in [0.05, 0.1) is 13.2 Å². The van der Waals surface area contributed by atoms with Gasteiger partial charge in [0.1, 0.15) is 0 Å². The summed E-state index contributed by atoms with van der Waals surface area (Å²) < 4.78 is 10.7. The highest BCUT2D eigenvalue weighted by molar-refractivity contribution is 4.73. The third kappa shape index (κ3) is 2.93. The van der Waals surface area contributed by atoms with Crippen LogP contribution in [0.2, 0.25) is 0 Å². The lowest BCUT2D eigenvalue weighted by atomic mass is 10.1. The molecule has 1 unspecified atom stereocenters. The van der Waals surface area contributed by atoms with Crippen molar-refractivity contribution in [3.05, 3.63) is 0 Å². The van der Waals surface area contributed by atoms with Crippen LogP contribution in [0.4, 0.5) is 0 Å². The molecule has 0 aromatic carbocycles. The lowest BCUT2D eigenvalue weighted by Crippen LogP contribution is -2.39. The predicted octanol–water partition coefficient (Wildman–Crippen LogP) is 0.791. The molecule has 2 saturated heterocycles. The average Bonchev–Trinajstić information content (AvgIpc) is 2.69. The average molecular weight is 185 g/mol. The summed E-state index contributed by atoms with van der Waals surface area (Å²) in [4.78, 5) is 0. The lowest BCUT2D eigenvalue weighted by Gasteiger charge is -2.24. The molecule has 1 N–H and O–H groups in total. The van der Waals surface area contributed by atoms with Crippen LogP contribution in [0.1, 0.15) is 19.3 Å². The summed E-state index contributed by atoms with van der Waals surface area (Å²) in [6.07, 6.45) is 3.70. The molecule has 2 aliphatic rings. The minimum atomic E-state index is 0.592. The van der Waals surface area contributed by atoms with Crippen LogP contribution in [0.5, 0.6) is 0 Å². The van der Waals surface area contributed by atoms with E-state index in [-0.39, 0.29) is 0 Å². The van der Waals surface area contributed by atoms with Crippen LogP contribution in [0.15, 0.2) is 0 Å². The van der Waals surface area contributed by atoms with Crippen molar-refractivity contribution >= 4 is 0 Å². The smallest absolute Gasteiger partial charge is 0.0619 e. The molecule has 2 heterocycles. The first-order valence-corrected chi connectivity index (χ1v) is 5.34. The quantitative estimate of drug-likeness (QED) is 0.705. The van der Waals surface area contributed by atoms with Crippen molar-refractivity contribution in [2.45, 2.75) is 25.3 Å². The van der Waals surface area contributed by atoms with Crippen molar-refractivity contribution in [3.8, 4) is 0 Å². The number of rotatable bonds is 3. The SMILES string of the molecule is C1COC[C@@H](NCC2CCOC2)C1. The summed E-state index contributed by atoms with van der Waals surface area (Å²) >= 11 is 0. The molecule has 2 atom stereocenters. The Hall–Kier alpha value is -0.120. The van der Waals surface area contributed by atoms with E-state index in [4.69, 9.17) is 9.47 Å². The second-order valence-corrected chi connectivity index (χ2v) is 4.05. The predicted molar refractivity (Wildman–Crippen MR) is 50.8 cm³/mol. The van der Waals surface area contributed by atoms with Crippen molar-refractivity contribution < 1.29 is 9.47 Å². The molecule has 2 aliphatic heterocycles. The Morgan fingerprint density at radius 2 is 2.00 bits per heavy atom. The van der Waals surface area contributed by atoms with E-state index < -0.39 is 0 Å². The van der Waals surface area contributed by atoms with E-state index in [9.17, 15) is 0 Å². The summed E-state index contributed by atoms with van der Waals surface area (Å²) in [6.45, 7) is 4.85. The van der Waals surface area contributed by atoms with Crippen LogP contribution in [0.3, 0.4) is 0 Å². The Morgan fingerprint density at radius 1 is 1.08 bits per heavy atom. The first kappa shape index (κ1) is 9.44. The highest BCUT2D eigenvalue weighted by Crippen LogP contribution is 2.12. The normalized spacial score (nSPS) is 35.1. The molecule has 0 saturated carbocycles. The van der Waals surface area contributed by atoms with E-state index in [1.54, 1.807) is 0 Å². The van der Waals surface area contributed by atoms with Crippen molar-refractivity contribution in [3.63, 3.8) is 0 Å². The fraction of sp³-hybridized carbons (Fsp3) is 1.00. The first-order valence-electron chi connectivity index (χ1n) is 5.34. The molecular weight excluding hydrogens is 166 g/mol. The molecule has 2 fully saturated rings. The standard InChI is InChI=1S/C10H19NO2/c1-2-10(8-12-4-1)11-6-9-3-5-13-7-9/h9-11H,1-8H2/t9?,10-/m0/s1. The molecule has 2 rings (SSSR count). The summed E-state index contributed by atoms with van der Waals surface area (Å²) in [6, 6.07) is 0.592. The lowest BCUT2D eigenvalue weighted by molar-refractivity contribution is 0.0687. The highest BCUT2D eigenvalue weighted by Gasteiger charge is 2.18. The number of hydrogen-bond donors (Lipinski definition) is 1. The third-order valence-electron chi connectivity index (χ3n) is 2.88. The van der Waals surface area contributed by atoms with Gasteiger partial charge in [0.15, 0.2) is 0 Å². The number of ether oxygens (including phenoxy) is 2. The van der Waals surface area contributed by atoms with E-state index in [1.807, 2.05) is 0 Å². The van der Waals surface area contributed by atoms with Crippen molar-refractivity contribution in [2.24, 2.45) is 5.92 Å². The Kier molecular flexibility index (Phi) is 3.58. The number of nitrogens with one attached hydrogen (secondary N) is 1. The summed E-state index contributed by atoms with van der Waals surface area (Å²) in [5.41, 5.74) is 0. The van der Waals surface area contributed by atoms with Gasteiger partial charge in [0, 0.05) is 25.8 Å². The maximum atomic E-state index is 5.40. The van der Waals surface area contributed by atoms with Gasteiger partial charge in [-0.25, -0.2) is 0 Å². The van der Waals surface area contributed by atoms with Crippen LogP contribution in [0, 0.1) is 5.92 Å². The summed E-state index contributed by atoms with van der Waals surface area (Å²) in [7, 11) is 0. The fourth-order valence-electron chi connectivity index (χ4n) is 1.98. The van der Waals surface area contributed by atoms with E-state index in [0.29, 0.717) is 6.04 Å². The maximum Gasteiger partial charge on any atom is 0.0619 e. The largest absolute Gasteiger partial charge is 0.381 e. The molecule has 3 heteroatoms. The van der Waals surface area contributed by atoms with E-state index in [1.165, 1.54) is 19.3 Å². The Bertz CT molecular complexity index is 140. The molecule has 0 bridgehead atoms. The molecule has 0 aliphatic carbocycles. The van der Waals surface area contributed by atoms with Crippen LogP contribution < -0.4 is 5.32 Å². The minimum absolute atomic E-state index is 0.592. The molecule has 0 aromatic heterocycles. The van der Waals surface area contributed by atoms with Gasteiger partial charge in [-0.05, 0) is 25.2 Å². The van der Waals surface area contributed by atoms with Crippen molar-refractivity contribution in [1.82, 2.24) is 5.32 Å². The summed E-state index contributed by atoms with van der Waals surface area (Å²) in [5.74, 6) is 0.738. The van der Waals surface area contributed by atoms with Gasteiger partial charge < -0.3 is 14.8 Å². The molecule has 3 nitrogen and oxygen atoms in total. The van der Waals surface area contributed by atoms with E-state index in [0.717, 1.165) is 38.9 Å². The van der Waals surface area contributed by atoms with E-state index >= 15 is 0 Å². The molecule has 0 aromatic rings. The van der Waals surface area contributed by atoms with Crippen LogP contribution in [-0.4, -0.2) is 39.0 Å². The monoisotopic (exact) mass is 185 g/mol. The third-order valence-corrected chi connectivity index (χ3v) is 2.88. The van der Waals surface area contributed by atoms with Crippen LogP contribution in [-0.2, 0) is 9.47 Å². The number of hydrogen-bond acceptors (Lipinski definition) is 3. The molecule has 76 valence electrons. The molecule has 13 heavy (non-hydrogen) atoms. The van der Waals surface area contributed by atoms with Gasteiger partial charge in [-0.15, -0.1) is 0 Å². The van der Waals surface area contributed by atoms with Gasteiger partial charge in [-0.2, -0.15) is 0 Å². The Labute approximate surface area is 79.8 Å². The van der Waals surface area contributed by atoms with Gasteiger partial charge in [0.2, 0.25) is 0 Å². The van der Waals surface area contributed by atoms with Gasteiger partial charge >= 0.3 is 0 Å². The fourth-order valence-corrected chi connectivity index (χ4v) is 1.98. The molecule has 0 radical (unpaired) electrons. The minimum Gasteiger partial charge on any atom is -0.381 e. The second-order valence-electron chi connectivity index (χ2n) is 4.05. The van der Waals surface area contributed by atoms with Crippen molar-refractivity contribution in [2.75, 3.05) is 33.0 Å². The van der Waals surface area contributed by atoms with E-state index in [2.05, 4.69) is 5.32 Å². The molecular formula is C10H19NO2. The topological polar surface area (TPSA) is 30.5 Å². The first-order chi connectivity index (χ1) is 6.45. The molecule has 0 amide bonds. The zero-order valence-corrected chi connectivity index (χ0v) is 8.13. The Morgan fingerprint density at radius 3 is 2.69 bits per heavy atom. The van der Waals surface area contributed by atoms with Crippen LogP contribution in [0.25, 0.3) is 0 Å².